The summed E-state index contributed by atoms with van der Waals surface area (Å²) < 4.78 is 11.4. The van der Waals surface area contributed by atoms with Crippen molar-refractivity contribution < 1.29 is 14.3 Å². The van der Waals surface area contributed by atoms with Gasteiger partial charge >= 0.3 is 0 Å². The fourth-order valence-electron chi connectivity index (χ4n) is 2.62. The Balaban J connectivity index is 1.47. The Bertz CT molecular complexity index is 935. The van der Waals surface area contributed by atoms with E-state index >= 15 is 0 Å². The monoisotopic (exact) mass is 396 g/mol. The summed E-state index contributed by atoms with van der Waals surface area (Å²) in [4.78, 5) is 17.5. The van der Waals surface area contributed by atoms with Crippen LogP contribution in [0.25, 0.3) is 0 Å². The average Bonchev–Trinajstić information content (AvgIpc) is 3.06. The molecule has 1 aromatic heterocycles. The molecule has 0 spiro atoms. The summed E-state index contributed by atoms with van der Waals surface area (Å²) >= 11 is 1.36. The maximum atomic E-state index is 12.4. The lowest BCUT2D eigenvalue weighted by molar-refractivity contribution is 0.0950. The highest BCUT2D eigenvalue weighted by Crippen LogP contribution is 2.21. The maximum absolute atomic E-state index is 12.4. The van der Waals surface area contributed by atoms with E-state index in [1.54, 1.807) is 0 Å². The lowest BCUT2D eigenvalue weighted by atomic mass is 10.2. The normalized spacial score (nSPS) is 10.5. The number of carbonyl (C=O) groups is 1. The highest BCUT2D eigenvalue weighted by Gasteiger charge is 2.15. The second-order valence-corrected chi connectivity index (χ2v) is 7.63. The smallest absolute Gasteiger partial charge is 0.263 e. The van der Waals surface area contributed by atoms with Gasteiger partial charge in [0.2, 0.25) is 0 Å². The minimum atomic E-state index is -0.135. The molecule has 0 atom stereocenters. The Morgan fingerprint density at radius 3 is 2.54 bits per heavy atom. The van der Waals surface area contributed by atoms with Gasteiger partial charge in [-0.15, -0.1) is 11.3 Å². The second-order valence-electron chi connectivity index (χ2n) is 6.54. The number of carbonyl (C=O) groups excluding carboxylic acids is 1. The van der Waals surface area contributed by atoms with Crippen molar-refractivity contribution in [2.75, 3.05) is 13.2 Å². The number of hydrogen-bond donors (Lipinski definition) is 1. The van der Waals surface area contributed by atoms with Gasteiger partial charge in [-0.25, -0.2) is 4.98 Å². The third-order valence-corrected chi connectivity index (χ3v) is 5.21. The van der Waals surface area contributed by atoms with E-state index in [0.717, 1.165) is 22.1 Å². The van der Waals surface area contributed by atoms with Gasteiger partial charge in [-0.3, -0.25) is 4.79 Å². The third-order valence-electron chi connectivity index (χ3n) is 4.08. The Morgan fingerprint density at radius 1 is 1.00 bits per heavy atom. The molecular formula is C22H24N2O3S. The van der Waals surface area contributed by atoms with Crippen LogP contribution in [0.5, 0.6) is 11.5 Å². The van der Waals surface area contributed by atoms with Gasteiger partial charge in [0.15, 0.2) is 0 Å². The predicted molar refractivity (Wildman–Crippen MR) is 111 cm³/mol. The largest absolute Gasteiger partial charge is 0.492 e. The lowest BCUT2D eigenvalue weighted by Crippen LogP contribution is -2.27. The molecule has 1 heterocycles. The summed E-state index contributed by atoms with van der Waals surface area (Å²) in [5.74, 6) is 1.46. The molecule has 0 unspecified atom stereocenters. The molecule has 2 aromatic carbocycles. The first-order valence-corrected chi connectivity index (χ1v) is 9.96. The van der Waals surface area contributed by atoms with Crippen LogP contribution >= 0.6 is 11.3 Å². The number of ether oxygens (including phenoxy) is 2. The Kier molecular flexibility index (Phi) is 6.66. The average molecular weight is 397 g/mol. The van der Waals surface area contributed by atoms with Crippen LogP contribution in [0.15, 0.2) is 48.5 Å². The summed E-state index contributed by atoms with van der Waals surface area (Å²) in [6.45, 7) is 7.07. The zero-order valence-corrected chi connectivity index (χ0v) is 17.1. The van der Waals surface area contributed by atoms with E-state index < -0.39 is 0 Å². The summed E-state index contributed by atoms with van der Waals surface area (Å²) in [7, 11) is 0. The second kappa shape index (κ2) is 9.37. The van der Waals surface area contributed by atoms with Gasteiger partial charge in [0.1, 0.15) is 34.6 Å². The molecule has 0 radical (unpaired) electrons. The number of nitrogens with zero attached hydrogens (tertiary/aromatic N) is 1. The minimum Gasteiger partial charge on any atom is -0.492 e. The molecule has 3 aromatic rings. The molecule has 5 nitrogen and oxygen atoms in total. The van der Waals surface area contributed by atoms with E-state index in [1.165, 1.54) is 16.9 Å². The topological polar surface area (TPSA) is 60.5 Å². The Labute approximate surface area is 169 Å². The van der Waals surface area contributed by atoms with Gasteiger partial charge in [-0.1, -0.05) is 29.8 Å². The van der Waals surface area contributed by atoms with E-state index in [-0.39, 0.29) is 5.91 Å². The molecule has 0 bridgehead atoms. The summed E-state index contributed by atoms with van der Waals surface area (Å²) in [5, 5.41) is 3.66. The molecule has 146 valence electrons. The fraction of sp³-hybridized carbons (Fsp3) is 0.273. The molecule has 3 rings (SSSR count). The van der Waals surface area contributed by atoms with Crippen molar-refractivity contribution in [3.8, 4) is 11.5 Å². The van der Waals surface area contributed by atoms with E-state index in [1.807, 2.05) is 69.3 Å². The number of aromatic nitrogens is 1. The molecule has 0 saturated carbocycles. The number of rotatable bonds is 8. The highest BCUT2D eigenvalue weighted by atomic mass is 32.1. The zero-order chi connectivity index (χ0) is 19.9. The summed E-state index contributed by atoms with van der Waals surface area (Å²) in [6.07, 6.45) is 0. The van der Waals surface area contributed by atoms with Crippen molar-refractivity contribution in [3.05, 3.63) is 75.2 Å². The number of amides is 1. The standard InChI is InChI=1S/C22H24N2O3S/c1-15-7-9-18(10-8-15)26-12-11-23-22(25)21-17(3)24-20(28-21)14-27-19-6-4-5-16(2)13-19/h4-10,13H,11-12,14H2,1-3H3,(H,23,25). The van der Waals surface area contributed by atoms with Gasteiger partial charge in [0.05, 0.1) is 12.2 Å². The van der Waals surface area contributed by atoms with Crippen LogP contribution in [0.3, 0.4) is 0 Å². The molecule has 0 aliphatic heterocycles. The van der Waals surface area contributed by atoms with Crippen molar-refractivity contribution in [1.29, 1.82) is 0 Å². The number of hydrogen-bond acceptors (Lipinski definition) is 5. The molecule has 28 heavy (non-hydrogen) atoms. The van der Waals surface area contributed by atoms with E-state index in [0.29, 0.717) is 30.3 Å². The van der Waals surface area contributed by atoms with Crippen LogP contribution in [-0.4, -0.2) is 24.0 Å². The van der Waals surface area contributed by atoms with Crippen molar-refractivity contribution in [2.24, 2.45) is 0 Å². The van der Waals surface area contributed by atoms with Crippen LogP contribution in [0, 0.1) is 20.8 Å². The fourth-order valence-corrected chi connectivity index (χ4v) is 3.52. The molecule has 0 aliphatic rings. The number of benzene rings is 2. The van der Waals surface area contributed by atoms with E-state index in [4.69, 9.17) is 9.47 Å². The van der Waals surface area contributed by atoms with Crippen LogP contribution in [-0.2, 0) is 6.61 Å². The molecule has 0 aliphatic carbocycles. The SMILES string of the molecule is Cc1ccc(OCCNC(=O)c2sc(COc3cccc(C)c3)nc2C)cc1. The first-order chi connectivity index (χ1) is 13.5. The summed E-state index contributed by atoms with van der Waals surface area (Å²) in [6, 6.07) is 15.7. The number of nitrogens with one attached hydrogen (secondary N) is 1. The van der Waals surface area contributed by atoms with Crippen molar-refractivity contribution in [1.82, 2.24) is 10.3 Å². The van der Waals surface area contributed by atoms with Crippen LogP contribution < -0.4 is 14.8 Å². The van der Waals surface area contributed by atoms with Crippen LogP contribution in [0.2, 0.25) is 0 Å². The molecule has 1 amide bonds. The van der Waals surface area contributed by atoms with Gasteiger partial charge in [0.25, 0.3) is 5.91 Å². The van der Waals surface area contributed by atoms with Crippen LogP contribution in [0.1, 0.15) is 31.5 Å². The Morgan fingerprint density at radius 2 is 1.79 bits per heavy atom. The summed E-state index contributed by atoms with van der Waals surface area (Å²) in [5.41, 5.74) is 3.04. The van der Waals surface area contributed by atoms with Gasteiger partial charge in [-0.2, -0.15) is 0 Å². The van der Waals surface area contributed by atoms with Gasteiger partial charge in [0, 0.05) is 0 Å². The van der Waals surface area contributed by atoms with Crippen LogP contribution in [0.4, 0.5) is 0 Å². The van der Waals surface area contributed by atoms with Gasteiger partial charge < -0.3 is 14.8 Å². The van der Waals surface area contributed by atoms with Crippen molar-refractivity contribution >= 4 is 17.2 Å². The Hall–Kier alpha value is -2.86. The first kappa shape index (κ1) is 19.9. The number of thiazole rings is 1. The van der Waals surface area contributed by atoms with Crippen molar-refractivity contribution in [3.63, 3.8) is 0 Å². The van der Waals surface area contributed by atoms with Gasteiger partial charge in [-0.05, 0) is 50.6 Å². The molecule has 0 fully saturated rings. The quantitative estimate of drug-likeness (QED) is 0.571. The third kappa shape index (κ3) is 5.57. The van der Waals surface area contributed by atoms with Crippen molar-refractivity contribution in [2.45, 2.75) is 27.4 Å². The first-order valence-electron chi connectivity index (χ1n) is 9.15. The lowest BCUT2D eigenvalue weighted by Gasteiger charge is -2.07. The maximum Gasteiger partial charge on any atom is 0.263 e. The molecule has 6 heteroatoms. The molecular weight excluding hydrogens is 372 g/mol. The molecule has 1 N–H and O–H groups in total. The minimum absolute atomic E-state index is 0.135. The van der Waals surface area contributed by atoms with E-state index in [2.05, 4.69) is 10.3 Å². The highest BCUT2D eigenvalue weighted by molar-refractivity contribution is 7.13. The van der Waals surface area contributed by atoms with E-state index in [9.17, 15) is 4.79 Å². The number of aryl methyl sites for hydroxylation is 3. The molecule has 0 saturated heterocycles. The predicted octanol–water partition coefficient (Wildman–Crippen LogP) is 4.46. The zero-order valence-electron chi connectivity index (χ0n) is 16.3.